The van der Waals surface area contributed by atoms with E-state index in [4.69, 9.17) is 0 Å². The normalized spacial score (nSPS) is 12.2. The van der Waals surface area contributed by atoms with E-state index in [0.717, 1.165) is 4.83 Å². The number of thioether (sulfide) groups is 1. The van der Waals surface area contributed by atoms with E-state index >= 15 is 0 Å². The van der Waals surface area contributed by atoms with Crippen LogP contribution in [0.1, 0.15) is 25.6 Å². The van der Waals surface area contributed by atoms with Gasteiger partial charge in [-0.25, -0.2) is 4.98 Å². The second-order valence-electron chi connectivity index (χ2n) is 4.65. The van der Waals surface area contributed by atoms with E-state index in [1.807, 2.05) is 12.3 Å². The molecular formula is C11H14N2OS2. The van der Waals surface area contributed by atoms with Gasteiger partial charge in [-0.15, -0.1) is 11.3 Å². The van der Waals surface area contributed by atoms with Gasteiger partial charge >= 0.3 is 0 Å². The fourth-order valence-corrected chi connectivity index (χ4v) is 2.90. The van der Waals surface area contributed by atoms with Gasteiger partial charge in [0, 0.05) is 4.88 Å². The minimum atomic E-state index is -0.0406. The van der Waals surface area contributed by atoms with Gasteiger partial charge in [-0.1, -0.05) is 32.5 Å². The second kappa shape index (κ2) is 3.89. The highest BCUT2D eigenvalue weighted by atomic mass is 32.2. The van der Waals surface area contributed by atoms with Crippen molar-refractivity contribution in [2.24, 2.45) is 0 Å². The highest BCUT2D eigenvalue weighted by Gasteiger charge is 2.18. The molecule has 0 unspecified atom stereocenters. The molecule has 0 aromatic carbocycles. The van der Waals surface area contributed by atoms with Gasteiger partial charge in [0.05, 0.1) is 5.39 Å². The monoisotopic (exact) mass is 254 g/mol. The summed E-state index contributed by atoms with van der Waals surface area (Å²) in [5.74, 6) is 0. The Balaban J connectivity index is 2.71. The Labute approximate surface area is 102 Å². The Morgan fingerprint density at radius 3 is 2.69 bits per heavy atom. The zero-order chi connectivity index (χ0) is 11.9. The van der Waals surface area contributed by atoms with Crippen molar-refractivity contribution in [2.75, 3.05) is 6.26 Å². The first-order valence-electron chi connectivity index (χ1n) is 5.00. The van der Waals surface area contributed by atoms with Crippen LogP contribution in [0.4, 0.5) is 0 Å². The number of rotatable bonds is 1. The molecule has 3 nitrogen and oxygen atoms in total. The maximum Gasteiger partial charge on any atom is 0.260 e. The summed E-state index contributed by atoms with van der Waals surface area (Å²) in [5, 5.41) is 1.38. The van der Waals surface area contributed by atoms with E-state index in [1.54, 1.807) is 11.3 Å². The fraction of sp³-hybridized carbons (Fsp3) is 0.455. The smallest absolute Gasteiger partial charge is 0.260 e. The Kier molecular flexibility index (Phi) is 2.84. The molecule has 0 aliphatic carbocycles. The van der Waals surface area contributed by atoms with Crippen molar-refractivity contribution < 1.29 is 0 Å². The Morgan fingerprint density at radius 1 is 1.44 bits per heavy atom. The molecule has 0 amide bonds. The van der Waals surface area contributed by atoms with Crippen LogP contribution in [0, 0.1) is 0 Å². The predicted molar refractivity (Wildman–Crippen MR) is 70.7 cm³/mol. The third kappa shape index (κ3) is 2.01. The third-order valence-electron chi connectivity index (χ3n) is 2.31. The number of fused-ring (bicyclic) bond motifs is 1. The van der Waals surface area contributed by atoms with E-state index in [-0.39, 0.29) is 11.0 Å². The lowest BCUT2D eigenvalue weighted by atomic mass is 9.94. The van der Waals surface area contributed by atoms with Crippen molar-refractivity contribution in [3.63, 3.8) is 0 Å². The maximum absolute atomic E-state index is 11.8. The number of hydrogen-bond acceptors (Lipinski definition) is 4. The number of thiophene rings is 1. The van der Waals surface area contributed by atoms with Gasteiger partial charge in [0.2, 0.25) is 0 Å². The molecule has 0 bridgehead atoms. The number of aromatic amines is 1. The van der Waals surface area contributed by atoms with Crippen molar-refractivity contribution in [3.05, 3.63) is 21.3 Å². The molecule has 0 atom stereocenters. The highest BCUT2D eigenvalue weighted by Crippen LogP contribution is 2.32. The van der Waals surface area contributed by atoms with Crippen LogP contribution in [0.3, 0.4) is 0 Å². The zero-order valence-corrected chi connectivity index (χ0v) is 11.4. The molecule has 5 heteroatoms. The summed E-state index contributed by atoms with van der Waals surface area (Å²) in [6, 6.07) is 1.95. The number of nitrogens with one attached hydrogen (secondary N) is 1. The Morgan fingerprint density at radius 2 is 2.12 bits per heavy atom. The molecule has 2 heterocycles. The van der Waals surface area contributed by atoms with Crippen molar-refractivity contribution in [1.29, 1.82) is 0 Å². The number of H-pyrrole nitrogens is 1. The molecule has 2 aromatic heterocycles. The van der Waals surface area contributed by atoms with E-state index in [2.05, 4.69) is 30.7 Å². The van der Waals surface area contributed by atoms with Crippen LogP contribution in [-0.2, 0) is 5.41 Å². The van der Waals surface area contributed by atoms with Crippen LogP contribution in [0.25, 0.3) is 10.2 Å². The van der Waals surface area contributed by atoms with Gasteiger partial charge in [-0.3, -0.25) is 4.79 Å². The minimum absolute atomic E-state index is 0.0406. The van der Waals surface area contributed by atoms with Gasteiger partial charge in [0.15, 0.2) is 5.16 Å². The lowest BCUT2D eigenvalue weighted by Gasteiger charge is -2.14. The average molecular weight is 254 g/mol. The first-order chi connectivity index (χ1) is 7.41. The molecule has 0 saturated heterocycles. The lowest BCUT2D eigenvalue weighted by molar-refractivity contribution is 0.604. The quantitative estimate of drug-likeness (QED) is 0.628. The molecule has 0 spiro atoms. The fourth-order valence-electron chi connectivity index (χ4n) is 1.38. The largest absolute Gasteiger partial charge is 0.301 e. The maximum atomic E-state index is 11.8. The molecule has 0 aliphatic rings. The van der Waals surface area contributed by atoms with Crippen LogP contribution >= 0.6 is 23.1 Å². The second-order valence-corrected chi connectivity index (χ2v) is 6.48. The lowest BCUT2D eigenvalue weighted by Crippen LogP contribution is -2.09. The topological polar surface area (TPSA) is 45.8 Å². The van der Waals surface area contributed by atoms with Gasteiger partial charge < -0.3 is 4.98 Å². The summed E-state index contributed by atoms with van der Waals surface area (Å²) in [6.07, 6.45) is 1.91. The van der Waals surface area contributed by atoms with Gasteiger partial charge in [0.1, 0.15) is 4.83 Å². The van der Waals surface area contributed by atoms with E-state index in [1.165, 1.54) is 16.6 Å². The van der Waals surface area contributed by atoms with E-state index in [9.17, 15) is 4.79 Å². The molecule has 1 N–H and O–H groups in total. The number of hydrogen-bond donors (Lipinski definition) is 1. The summed E-state index contributed by atoms with van der Waals surface area (Å²) >= 11 is 3.06. The average Bonchev–Trinajstić information content (AvgIpc) is 2.61. The molecule has 0 aliphatic heterocycles. The van der Waals surface area contributed by atoms with Crippen molar-refractivity contribution >= 4 is 33.3 Å². The molecular weight excluding hydrogens is 240 g/mol. The highest BCUT2D eigenvalue weighted by molar-refractivity contribution is 7.98. The Hall–Kier alpha value is -0.810. The zero-order valence-electron chi connectivity index (χ0n) is 9.75. The van der Waals surface area contributed by atoms with Crippen LogP contribution < -0.4 is 5.56 Å². The summed E-state index contributed by atoms with van der Waals surface area (Å²) < 4.78 is 0. The molecule has 16 heavy (non-hydrogen) atoms. The molecule has 0 fully saturated rings. The van der Waals surface area contributed by atoms with Crippen LogP contribution in [0.15, 0.2) is 16.0 Å². The standard InChI is InChI=1S/C11H14N2OS2/c1-11(2,3)7-5-6-8(14)12-10(15-4)13-9(6)16-7/h5H,1-4H3,(H,12,13,14). The molecule has 2 rings (SSSR count). The van der Waals surface area contributed by atoms with Crippen LogP contribution in [0.2, 0.25) is 0 Å². The first-order valence-corrected chi connectivity index (χ1v) is 7.04. The third-order valence-corrected chi connectivity index (χ3v) is 4.35. The van der Waals surface area contributed by atoms with Crippen molar-refractivity contribution in [1.82, 2.24) is 9.97 Å². The van der Waals surface area contributed by atoms with Gasteiger partial charge in [0.25, 0.3) is 5.56 Å². The summed E-state index contributed by atoms with van der Waals surface area (Å²) in [6.45, 7) is 6.42. The van der Waals surface area contributed by atoms with E-state index < -0.39 is 0 Å². The summed E-state index contributed by atoms with van der Waals surface area (Å²) in [5.41, 5.74) is 0.0261. The summed E-state index contributed by atoms with van der Waals surface area (Å²) in [4.78, 5) is 21.0. The first kappa shape index (κ1) is 11.7. The minimum Gasteiger partial charge on any atom is -0.301 e. The molecule has 0 saturated carbocycles. The molecule has 0 radical (unpaired) electrons. The summed E-state index contributed by atoms with van der Waals surface area (Å²) in [7, 11) is 0. The van der Waals surface area contributed by atoms with Crippen LogP contribution in [0.5, 0.6) is 0 Å². The van der Waals surface area contributed by atoms with Crippen molar-refractivity contribution in [3.8, 4) is 0 Å². The molecule has 86 valence electrons. The Bertz CT molecular complexity index is 578. The van der Waals surface area contributed by atoms with Gasteiger partial charge in [-0.2, -0.15) is 0 Å². The van der Waals surface area contributed by atoms with Crippen LogP contribution in [-0.4, -0.2) is 16.2 Å². The predicted octanol–water partition coefficient (Wildman–Crippen LogP) is 3.00. The SMILES string of the molecule is CSc1nc2sc(C(C)(C)C)cc2c(=O)[nH]1. The van der Waals surface area contributed by atoms with E-state index in [0.29, 0.717) is 10.5 Å². The van der Waals surface area contributed by atoms with Gasteiger partial charge in [-0.05, 0) is 17.7 Å². The molecule has 2 aromatic rings. The number of nitrogens with zero attached hydrogens (tertiary/aromatic N) is 1. The number of aromatic nitrogens is 2. The van der Waals surface area contributed by atoms with Crippen molar-refractivity contribution in [2.45, 2.75) is 31.3 Å².